The first-order valence-electron chi connectivity index (χ1n) is 10.1. The third kappa shape index (κ3) is 2.84. The van der Waals surface area contributed by atoms with Gasteiger partial charge < -0.3 is 14.8 Å². The summed E-state index contributed by atoms with van der Waals surface area (Å²) in [6.45, 7) is 2.10. The van der Waals surface area contributed by atoms with E-state index in [-0.39, 0.29) is 12.1 Å². The molecule has 4 heterocycles. The summed E-state index contributed by atoms with van der Waals surface area (Å²) in [4.78, 5) is 5.67. The van der Waals surface area contributed by atoms with Crippen LogP contribution in [0.1, 0.15) is 33.7 Å². The van der Waals surface area contributed by atoms with Gasteiger partial charge >= 0.3 is 0 Å². The summed E-state index contributed by atoms with van der Waals surface area (Å²) in [6.07, 6.45) is 1.33. The fourth-order valence-corrected chi connectivity index (χ4v) is 5.18. The Morgan fingerprint density at radius 1 is 1.13 bits per heavy atom. The van der Waals surface area contributed by atoms with Gasteiger partial charge in [0.1, 0.15) is 30.0 Å². The van der Waals surface area contributed by atoms with Gasteiger partial charge in [-0.25, -0.2) is 4.68 Å². The molecule has 31 heavy (non-hydrogen) atoms. The molecule has 2 aliphatic heterocycles. The van der Waals surface area contributed by atoms with Crippen molar-refractivity contribution in [1.82, 2.24) is 14.8 Å². The van der Waals surface area contributed by atoms with E-state index in [1.807, 2.05) is 22.9 Å². The Balaban J connectivity index is 1.61. The lowest BCUT2D eigenvalue weighted by atomic mass is 9.86. The van der Waals surface area contributed by atoms with Crippen molar-refractivity contribution in [2.45, 2.75) is 19.1 Å². The molecule has 2 atom stereocenters. The molecule has 4 aromatic rings. The van der Waals surface area contributed by atoms with Crippen molar-refractivity contribution in [3.8, 4) is 11.5 Å². The van der Waals surface area contributed by atoms with Gasteiger partial charge in [-0.15, -0.1) is 11.3 Å². The van der Waals surface area contributed by atoms with Gasteiger partial charge in [0.25, 0.3) is 0 Å². The number of anilines is 1. The maximum absolute atomic E-state index is 6.64. The molecule has 0 saturated carbocycles. The van der Waals surface area contributed by atoms with E-state index in [0.29, 0.717) is 0 Å². The van der Waals surface area contributed by atoms with Crippen molar-refractivity contribution in [3.05, 3.63) is 93.4 Å². The Bertz CT molecular complexity index is 1290. The van der Waals surface area contributed by atoms with Gasteiger partial charge in [-0.1, -0.05) is 29.8 Å². The van der Waals surface area contributed by atoms with Crippen molar-refractivity contribution in [1.29, 1.82) is 0 Å². The first-order chi connectivity index (χ1) is 15.2. The smallest absolute Gasteiger partial charge is 0.226 e. The first-order valence-corrected chi connectivity index (χ1v) is 11.0. The summed E-state index contributed by atoms with van der Waals surface area (Å²) in [5.41, 5.74) is 5.47. The predicted molar refractivity (Wildman–Crippen MR) is 121 cm³/mol. The molecule has 7 heteroatoms. The van der Waals surface area contributed by atoms with E-state index in [2.05, 4.69) is 64.1 Å². The number of nitrogens with zero attached hydrogens (tertiary/aromatic N) is 3. The summed E-state index contributed by atoms with van der Waals surface area (Å²) in [6, 6.07) is 18.5. The van der Waals surface area contributed by atoms with Gasteiger partial charge in [0.05, 0.1) is 12.8 Å². The summed E-state index contributed by atoms with van der Waals surface area (Å²) in [5, 5.41) is 10.2. The van der Waals surface area contributed by atoms with Crippen molar-refractivity contribution < 1.29 is 9.47 Å². The van der Waals surface area contributed by atoms with E-state index in [1.54, 1.807) is 24.8 Å². The van der Waals surface area contributed by atoms with Crippen LogP contribution < -0.4 is 14.8 Å². The molecule has 154 valence electrons. The largest absolute Gasteiger partial charge is 0.497 e. The minimum Gasteiger partial charge on any atom is -0.497 e. The van der Waals surface area contributed by atoms with Gasteiger partial charge in [-0.3, -0.25) is 0 Å². The molecule has 0 fully saturated rings. The van der Waals surface area contributed by atoms with Gasteiger partial charge in [-0.05, 0) is 48.2 Å². The van der Waals surface area contributed by atoms with Crippen LogP contribution in [-0.4, -0.2) is 21.9 Å². The Morgan fingerprint density at radius 2 is 2.00 bits per heavy atom. The lowest BCUT2D eigenvalue weighted by molar-refractivity contribution is 0.223. The number of ether oxygens (including phenoxy) is 2. The van der Waals surface area contributed by atoms with E-state index in [9.17, 15) is 0 Å². The van der Waals surface area contributed by atoms with E-state index in [0.717, 1.165) is 39.8 Å². The van der Waals surface area contributed by atoms with Crippen molar-refractivity contribution in [3.63, 3.8) is 0 Å². The Morgan fingerprint density at radius 3 is 2.77 bits per heavy atom. The second kappa shape index (κ2) is 6.99. The minimum atomic E-state index is -0.270. The van der Waals surface area contributed by atoms with Crippen molar-refractivity contribution in [2.24, 2.45) is 0 Å². The van der Waals surface area contributed by atoms with Crippen LogP contribution in [0.4, 0.5) is 5.95 Å². The number of fused-ring (bicyclic) bond motifs is 3. The zero-order valence-electron chi connectivity index (χ0n) is 17.1. The molecule has 6 rings (SSSR count). The maximum atomic E-state index is 6.64. The number of aryl methyl sites for hydroxylation is 1. The zero-order valence-corrected chi connectivity index (χ0v) is 17.9. The average Bonchev–Trinajstić information content (AvgIpc) is 3.49. The van der Waals surface area contributed by atoms with Crippen LogP contribution in [0.3, 0.4) is 0 Å². The molecular weight excluding hydrogens is 408 g/mol. The van der Waals surface area contributed by atoms with Gasteiger partial charge in [0.2, 0.25) is 5.95 Å². The summed E-state index contributed by atoms with van der Waals surface area (Å²) in [5.74, 6) is 2.41. The van der Waals surface area contributed by atoms with Crippen molar-refractivity contribution in [2.75, 3.05) is 12.4 Å². The highest BCUT2D eigenvalue weighted by Gasteiger charge is 2.41. The molecule has 0 bridgehead atoms. The molecule has 0 aliphatic carbocycles. The van der Waals surface area contributed by atoms with Gasteiger partial charge in [0.15, 0.2) is 0 Å². The second-order valence-corrected chi connectivity index (χ2v) is 8.65. The van der Waals surface area contributed by atoms with E-state index < -0.39 is 0 Å². The SMILES string of the molecule is COc1ccc([C@@H]2Oc3ccc(C)cc3C3=C2[C@H](c2cccs2)n2ncnc2N3)cc1. The first kappa shape index (κ1) is 18.2. The van der Waals surface area contributed by atoms with Crippen molar-refractivity contribution >= 4 is 23.0 Å². The zero-order chi connectivity index (χ0) is 20.9. The fourth-order valence-electron chi connectivity index (χ4n) is 4.36. The maximum Gasteiger partial charge on any atom is 0.226 e. The molecule has 1 N–H and O–H groups in total. The number of nitrogens with one attached hydrogen (secondary N) is 1. The highest BCUT2D eigenvalue weighted by atomic mass is 32.1. The third-order valence-corrected chi connectivity index (χ3v) is 6.73. The number of aromatic nitrogens is 3. The predicted octanol–water partition coefficient (Wildman–Crippen LogP) is 5.22. The average molecular weight is 429 g/mol. The molecule has 0 amide bonds. The monoisotopic (exact) mass is 428 g/mol. The molecule has 6 nitrogen and oxygen atoms in total. The number of methoxy groups -OCH3 is 1. The van der Waals surface area contributed by atoms with E-state index >= 15 is 0 Å². The van der Waals surface area contributed by atoms with Crippen LogP contribution >= 0.6 is 11.3 Å². The van der Waals surface area contributed by atoms with Crippen LogP contribution in [0.5, 0.6) is 11.5 Å². The summed E-state index contributed by atoms with van der Waals surface area (Å²) in [7, 11) is 1.68. The van der Waals surface area contributed by atoms with Gasteiger partial charge in [0, 0.05) is 16.0 Å². The molecule has 2 aromatic carbocycles. The summed E-state index contributed by atoms with van der Waals surface area (Å²) >= 11 is 1.71. The Kier molecular flexibility index (Phi) is 4.11. The number of hydrogen-bond acceptors (Lipinski definition) is 6. The number of thiophene rings is 1. The third-order valence-electron chi connectivity index (χ3n) is 5.80. The standard InChI is InChI=1S/C24H20N4O2S/c1-14-5-10-18-17(12-14)21-20(23(30-18)15-6-8-16(29-2)9-7-15)22(19-4-3-11-31-19)28-24(27-21)25-13-26-28/h3-13,22-23H,1-2H3,(H,25,26,27)/t22-,23-/m0/s1. The Labute approximate surface area is 183 Å². The van der Waals surface area contributed by atoms with Gasteiger partial charge in [-0.2, -0.15) is 10.1 Å². The Hall–Kier alpha value is -3.58. The molecule has 0 spiro atoms. The fraction of sp³-hybridized carbons (Fsp3) is 0.167. The van der Waals surface area contributed by atoms with E-state index in [4.69, 9.17) is 9.47 Å². The molecular formula is C24H20N4O2S. The van der Waals surface area contributed by atoms with Crippen LogP contribution in [0.2, 0.25) is 0 Å². The highest BCUT2D eigenvalue weighted by molar-refractivity contribution is 7.10. The quantitative estimate of drug-likeness (QED) is 0.485. The topological polar surface area (TPSA) is 61.2 Å². The number of rotatable bonds is 3. The number of hydrogen-bond donors (Lipinski definition) is 1. The van der Waals surface area contributed by atoms with E-state index in [1.165, 1.54) is 10.4 Å². The molecule has 0 saturated heterocycles. The lowest BCUT2D eigenvalue weighted by Gasteiger charge is -2.38. The minimum absolute atomic E-state index is 0.102. The second-order valence-electron chi connectivity index (χ2n) is 7.67. The highest BCUT2D eigenvalue weighted by Crippen LogP contribution is 2.51. The van der Waals surface area contributed by atoms with Crippen LogP contribution in [0.15, 0.2) is 71.9 Å². The molecule has 2 aromatic heterocycles. The molecule has 2 aliphatic rings. The molecule has 0 unspecified atom stereocenters. The van der Waals surface area contributed by atoms with Crippen LogP contribution in [0.25, 0.3) is 5.70 Å². The number of benzene rings is 2. The van der Waals surface area contributed by atoms with Crippen LogP contribution in [-0.2, 0) is 0 Å². The summed E-state index contributed by atoms with van der Waals surface area (Å²) < 4.78 is 14.0. The molecule has 0 radical (unpaired) electrons. The lowest BCUT2D eigenvalue weighted by Crippen LogP contribution is -2.32. The normalized spacial score (nSPS) is 19.0. The van der Waals surface area contributed by atoms with Crippen LogP contribution in [0, 0.1) is 6.92 Å².